The second-order valence-electron chi connectivity index (χ2n) is 7.18. The maximum Gasteiger partial charge on any atom is 0.488 e. The first kappa shape index (κ1) is 16.7. The quantitative estimate of drug-likeness (QED) is 0.631. The maximum atomic E-state index is 9.58. The molecule has 0 atom stereocenters. The molecule has 0 spiro atoms. The molecule has 2 aliphatic rings. The fourth-order valence-corrected chi connectivity index (χ4v) is 3.93. The van der Waals surface area contributed by atoms with Gasteiger partial charge in [-0.2, -0.15) is 0 Å². The summed E-state index contributed by atoms with van der Waals surface area (Å²) in [5.41, 5.74) is 2.56. The van der Waals surface area contributed by atoms with Gasteiger partial charge in [0.1, 0.15) is 0 Å². The van der Waals surface area contributed by atoms with Crippen LogP contribution in [0.3, 0.4) is 0 Å². The number of benzene rings is 1. The van der Waals surface area contributed by atoms with E-state index in [4.69, 9.17) is 0 Å². The first-order valence-electron chi connectivity index (χ1n) is 9.25. The van der Waals surface area contributed by atoms with Gasteiger partial charge < -0.3 is 20.7 Å². The summed E-state index contributed by atoms with van der Waals surface area (Å²) in [5, 5.41) is 26.4. The molecule has 2 aliphatic carbocycles. The van der Waals surface area contributed by atoms with Crippen molar-refractivity contribution in [3.63, 3.8) is 0 Å². The van der Waals surface area contributed by atoms with E-state index in [1.165, 1.54) is 64.2 Å². The van der Waals surface area contributed by atoms with Gasteiger partial charge in [0.25, 0.3) is 0 Å². The van der Waals surface area contributed by atoms with Crippen LogP contribution < -0.4 is 16.1 Å². The minimum atomic E-state index is -1.42. The van der Waals surface area contributed by atoms with Crippen LogP contribution in [0.2, 0.25) is 0 Å². The Kier molecular flexibility index (Phi) is 5.84. The second kappa shape index (κ2) is 8.07. The van der Waals surface area contributed by atoms with Crippen molar-refractivity contribution < 1.29 is 10.0 Å². The third-order valence-electron chi connectivity index (χ3n) is 5.21. The molecule has 0 unspecified atom stereocenters. The van der Waals surface area contributed by atoms with Gasteiger partial charge in [-0.1, -0.05) is 38.5 Å². The molecule has 5 heteroatoms. The van der Waals surface area contributed by atoms with Crippen LogP contribution in [0.1, 0.15) is 64.2 Å². The highest BCUT2D eigenvalue weighted by atomic mass is 16.4. The SMILES string of the molecule is OB(O)c1cc(NC2CCCCC2)cc(NC2CCCCC2)c1. The summed E-state index contributed by atoms with van der Waals surface area (Å²) in [6.07, 6.45) is 12.6. The minimum absolute atomic E-state index is 0.511. The number of hydrogen-bond donors (Lipinski definition) is 4. The third kappa shape index (κ3) is 4.89. The normalized spacial score (nSPS) is 20.3. The van der Waals surface area contributed by atoms with Crippen LogP contribution in [-0.4, -0.2) is 29.3 Å². The second-order valence-corrected chi connectivity index (χ2v) is 7.18. The summed E-state index contributed by atoms with van der Waals surface area (Å²) >= 11 is 0. The van der Waals surface area contributed by atoms with E-state index >= 15 is 0 Å². The molecule has 1 aromatic rings. The summed E-state index contributed by atoms with van der Waals surface area (Å²) in [6.45, 7) is 0. The zero-order valence-electron chi connectivity index (χ0n) is 13.9. The predicted molar refractivity (Wildman–Crippen MR) is 97.3 cm³/mol. The van der Waals surface area contributed by atoms with Crippen LogP contribution in [0.15, 0.2) is 18.2 Å². The molecule has 23 heavy (non-hydrogen) atoms. The van der Waals surface area contributed by atoms with Crippen molar-refractivity contribution in [2.24, 2.45) is 0 Å². The standard InChI is InChI=1S/C18H29BN2O2/c22-19(23)14-11-17(20-15-7-3-1-4-8-15)13-18(12-14)21-16-9-5-2-6-10-16/h11-13,15-16,20-23H,1-10H2. The number of anilines is 2. The molecule has 2 fully saturated rings. The molecule has 0 saturated heterocycles. The van der Waals surface area contributed by atoms with Gasteiger partial charge in [0, 0.05) is 23.5 Å². The zero-order valence-corrected chi connectivity index (χ0v) is 13.9. The molecule has 1 aromatic carbocycles. The molecule has 3 rings (SSSR count). The highest BCUT2D eigenvalue weighted by molar-refractivity contribution is 6.58. The Bertz CT molecular complexity index is 460. The van der Waals surface area contributed by atoms with E-state index in [0.29, 0.717) is 17.5 Å². The Balaban J connectivity index is 1.72. The van der Waals surface area contributed by atoms with Crippen molar-refractivity contribution in [2.45, 2.75) is 76.3 Å². The largest absolute Gasteiger partial charge is 0.488 e. The van der Waals surface area contributed by atoms with Crippen LogP contribution in [0, 0.1) is 0 Å². The number of rotatable bonds is 5. The van der Waals surface area contributed by atoms with E-state index in [1.54, 1.807) is 0 Å². The molecule has 4 N–H and O–H groups in total. The molecule has 4 nitrogen and oxygen atoms in total. The number of nitrogens with one attached hydrogen (secondary N) is 2. The summed E-state index contributed by atoms with van der Waals surface area (Å²) in [5.74, 6) is 0. The van der Waals surface area contributed by atoms with E-state index < -0.39 is 7.12 Å². The molecule has 0 bridgehead atoms. The molecular formula is C18H29BN2O2. The van der Waals surface area contributed by atoms with Crippen molar-refractivity contribution in [1.82, 2.24) is 0 Å². The zero-order chi connectivity index (χ0) is 16.1. The fraction of sp³-hybridized carbons (Fsp3) is 0.667. The molecule has 0 amide bonds. The van der Waals surface area contributed by atoms with E-state index in [-0.39, 0.29) is 0 Å². The lowest BCUT2D eigenvalue weighted by Gasteiger charge is -2.26. The Morgan fingerprint density at radius 1 is 0.696 bits per heavy atom. The predicted octanol–water partition coefficient (Wildman–Crippen LogP) is 2.86. The Morgan fingerprint density at radius 3 is 1.52 bits per heavy atom. The van der Waals surface area contributed by atoms with E-state index in [9.17, 15) is 10.0 Å². The summed E-state index contributed by atoms with van der Waals surface area (Å²) in [7, 11) is -1.42. The Labute approximate surface area is 139 Å². The highest BCUT2D eigenvalue weighted by Gasteiger charge is 2.18. The molecule has 126 valence electrons. The van der Waals surface area contributed by atoms with Crippen LogP contribution >= 0.6 is 0 Å². The average molecular weight is 316 g/mol. The first-order chi connectivity index (χ1) is 11.2. The minimum Gasteiger partial charge on any atom is -0.423 e. The summed E-state index contributed by atoms with van der Waals surface area (Å²) < 4.78 is 0. The van der Waals surface area contributed by atoms with Crippen LogP contribution in [0.4, 0.5) is 11.4 Å². The summed E-state index contributed by atoms with van der Waals surface area (Å²) in [4.78, 5) is 0. The average Bonchev–Trinajstić information content (AvgIpc) is 2.56. The van der Waals surface area contributed by atoms with Gasteiger partial charge in [0.2, 0.25) is 0 Å². The van der Waals surface area contributed by atoms with Gasteiger partial charge >= 0.3 is 7.12 Å². The topological polar surface area (TPSA) is 64.5 Å². The third-order valence-corrected chi connectivity index (χ3v) is 5.21. The fourth-order valence-electron chi connectivity index (χ4n) is 3.93. The van der Waals surface area contributed by atoms with Crippen molar-refractivity contribution in [2.75, 3.05) is 10.6 Å². The molecular weight excluding hydrogens is 287 g/mol. The van der Waals surface area contributed by atoms with Gasteiger partial charge in [-0.25, -0.2) is 0 Å². The Morgan fingerprint density at radius 2 is 1.13 bits per heavy atom. The monoisotopic (exact) mass is 316 g/mol. The molecule has 0 heterocycles. The molecule has 2 saturated carbocycles. The molecule has 0 radical (unpaired) electrons. The van der Waals surface area contributed by atoms with Gasteiger partial charge in [-0.15, -0.1) is 0 Å². The van der Waals surface area contributed by atoms with Crippen LogP contribution in [-0.2, 0) is 0 Å². The van der Waals surface area contributed by atoms with Gasteiger partial charge in [-0.05, 0) is 49.3 Å². The number of hydrogen-bond acceptors (Lipinski definition) is 4. The van der Waals surface area contributed by atoms with Crippen molar-refractivity contribution in [3.05, 3.63) is 18.2 Å². The lowest BCUT2D eigenvalue weighted by molar-refractivity contribution is 0.425. The van der Waals surface area contributed by atoms with Crippen molar-refractivity contribution in [1.29, 1.82) is 0 Å². The highest BCUT2D eigenvalue weighted by Crippen LogP contribution is 2.25. The summed E-state index contributed by atoms with van der Waals surface area (Å²) in [6, 6.07) is 6.88. The van der Waals surface area contributed by atoms with Gasteiger partial charge in [0.15, 0.2) is 0 Å². The Hall–Kier alpha value is -1.20. The van der Waals surface area contributed by atoms with Gasteiger partial charge in [0.05, 0.1) is 0 Å². The lowest BCUT2D eigenvalue weighted by Crippen LogP contribution is -2.32. The smallest absolute Gasteiger partial charge is 0.423 e. The van der Waals surface area contributed by atoms with Crippen molar-refractivity contribution >= 4 is 24.0 Å². The van der Waals surface area contributed by atoms with Crippen LogP contribution in [0.25, 0.3) is 0 Å². The van der Waals surface area contributed by atoms with Crippen LogP contribution in [0.5, 0.6) is 0 Å². The van der Waals surface area contributed by atoms with E-state index in [2.05, 4.69) is 16.7 Å². The lowest BCUT2D eigenvalue weighted by atomic mass is 9.79. The van der Waals surface area contributed by atoms with E-state index in [0.717, 1.165) is 11.4 Å². The molecule has 0 aromatic heterocycles. The molecule has 0 aliphatic heterocycles. The first-order valence-corrected chi connectivity index (χ1v) is 9.25. The van der Waals surface area contributed by atoms with Gasteiger partial charge in [-0.3, -0.25) is 0 Å². The van der Waals surface area contributed by atoms with Crippen molar-refractivity contribution in [3.8, 4) is 0 Å². The van der Waals surface area contributed by atoms with E-state index in [1.807, 2.05) is 12.1 Å². The maximum absolute atomic E-state index is 9.58.